The van der Waals surface area contributed by atoms with Crippen molar-refractivity contribution in [3.63, 3.8) is 0 Å². The molecule has 0 spiro atoms. The molecule has 3 rings (SSSR count). The topological polar surface area (TPSA) is 78.5 Å². The van der Waals surface area contributed by atoms with Gasteiger partial charge in [-0.25, -0.2) is 4.79 Å². The maximum atomic E-state index is 13.2. The van der Waals surface area contributed by atoms with Gasteiger partial charge in [0.25, 0.3) is 5.91 Å². The van der Waals surface area contributed by atoms with Crippen LogP contribution < -0.4 is 10.6 Å². The number of halogens is 4. The molecule has 2 N–H and O–H groups in total. The summed E-state index contributed by atoms with van der Waals surface area (Å²) >= 11 is 5.62. The van der Waals surface area contributed by atoms with Gasteiger partial charge in [0.05, 0.1) is 11.3 Å². The summed E-state index contributed by atoms with van der Waals surface area (Å²) in [5, 5.41) is 4.56. The molecule has 1 aliphatic heterocycles. The second-order valence-electron chi connectivity index (χ2n) is 6.68. The fraction of sp³-hybridized carbons (Fsp3) is 0.250. The first-order valence-corrected chi connectivity index (χ1v) is 9.32. The molecule has 2 aromatic rings. The third-order valence-electron chi connectivity index (χ3n) is 4.84. The van der Waals surface area contributed by atoms with Crippen LogP contribution in [-0.4, -0.2) is 29.3 Å². The van der Waals surface area contributed by atoms with E-state index in [0.29, 0.717) is 16.5 Å². The van der Waals surface area contributed by atoms with Crippen molar-refractivity contribution in [1.29, 1.82) is 0 Å². The summed E-state index contributed by atoms with van der Waals surface area (Å²) in [4.78, 5) is 38.5. The SMILES string of the molecule is CCC1(c2ccccc2)NC(=O)N(CC(=O)Nc2ccc(Cl)cc2C(F)(F)F)C1=O. The van der Waals surface area contributed by atoms with E-state index < -0.39 is 47.4 Å². The highest BCUT2D eigenvalue weighted by Gasteiger charge is 2.51. The Labute approximate surface area is 175 Å². The van der Waals surface area contributed by atoms with E-state index in [0.717, 1.165) is 6.07 Å². The van der Waals surface area contributed by atoms with Gasteiger partial charge in [-0.15, -0.1) is 0 Å². The van der Waals surface area contributed by atoms with E-state index in [2.05, 4.69) is 10.6 Å². The number of nitrogens with zero attached hydrogens (tertiary/aromatic N) is 1. The molecule has 0 radical (unpaired) electrons. The monoisotopic (exact) mass is 439 g/mol. The van der Waals surface area contributed by atoms with Crippen LogP contribution in [-0.2, 0) is 21.3 Å². The number of benzene rings is 2. The first-order valence-electron chi connectivity index (χ1n) is 8.94. The van der Waals surface area contributed by atoms with E-state index >= 15 is 0 Å². The Hall–Kier alpha value is -3.07. The number of carbonyl (C=O) groups excluding carboxylic acids is 3. The normalized spacial score (nSPS) is 19.0. The Kier molecular flexibility index (Phi) is 5.76. The van der Waals surface area contributed by atoms with Gasteiger partial charge in [-0.05, 0) is 30.2 Å². The summed E-state index contributed by atoms with van der Waals surface area (Å²) in [5.41, 5.74) is -2.44. The summed E-state index contributed by atoms with van der Waals surface area (Å²) in [7, 11) is 0. The molecule has 1 aliphatic rings. The first kappa shape index (κ1) is 21.6. The molecule has 1 atom stereocenters. The van der Waals surface area contributed by atoms with Crippen LogP contribution in [0.25, 0.3) is 0 Å². The molecule has 30 heavy (non-hydrogen) atoms. The average molecular weight is 440 g/mol. The first-order chi connectivity index (χ1) is 14.1. The Bertz CT molecular complexity index is 998. The minimum Gasteiger partial charge on any atom is -0.324 e. The molecule has 1 fully saturated rings. The summed E-state index contributed by atoms with van der Waals surface area (Å²) < 4.78 is 39.6. The number of urea groups is 1. The molecule has 4 amide bonds. The summed E-state index contributed by atoms with van der Waals surface area (Å²) in [5.74, 6) is -1.60. The van der Waals surface area contributed by atoms with Crippen molar-refractivity contribution in [3.05, 3.63) is 64.7 Å². The second-order valence-corrected chi connectivity index (χ2v) is 7.12. The predicted molar refractivity (Wildman–Crippen MR) is 104 cm³/mol. The maximum Gasteiger partial charge on any atom is 0.418 e. The summed E-state index contributed by atoms with van der Waals surface area (Å²) in [6, 6.07) is 10.6. The van der Waals surface area contributed by atoms with Crippen LogP contribution in [0, 0.1) is 0 Å². The number of amides is 4. The van der Waals surface area contributed by atoms with E-state index in [4.69, 9.17) is 11.6 Å². The number of rotatable bonds is 5. The fourth-order valence-electron chi connectivity index (χ4n) is 3.33. The van der Waals surface area contributed by atoms with Gasteiger partial charge < -0.3 is 10.6 Å². The number of nitrogens with one attached hydrogen (secondary N) is 2. The fourth-order valence-corrected chi connectivity index (χ4v) is 3.50. The van der Waals surface area contributed by atoms with E-state index in [9.17, 15) is 27.6 Å². The van der Waals surface area contributed by atoms with Crippen LogP contribution in [0.5, 0.6) is 0 Å². The van der Waals surface area contributed by atoms with Gasteiger partial charge in [0, 0.05) is 5.02 Å². The van der Waals surface area contributed by atoms with Gasteiger partial charge in [-0.2, -0.15) is 13.2 Å². The van der Waals surface area contributed by atoms with Crippen molar-refractivity contribution < 1.29 is 27.6 Å². The maximum absolute atomic E-state index is 13.2. The summed E-state index contributed by atoms with van der Waals surface area (Å²) in [6.07, 6.45) is -4.52. The molecule has 0 aromatic heterocycles. The van der Waals surface area contributed by atoms with Gasteiger partial charge in [-0.3, -0.25) is 14.5 Å². The molecule has 0 saturated carbocycles. The standard InChI is InChI=1S/C20H17ClF3N3O3/c1-2-19(12-6-4-3-5-7-12)17(29)27(18(30)26-19)11-16(28)25-15-9-8-13(21)10-14(15)20(22,23)24/h3-10H,2,11H2,1H3,(H,25,28)(H,26,30). The van der Waals surface area contributed by atoms with Gasteiger partial charge in [0.15, 0.2) is 0 Å². The number of alkyl halides is 3. The minimum atomic E-state index is -4.75. The zero-order valence-corrected chi connectivity index (χ0v) is 16.5. The van der Waals surface area contributed by atoms with Crippen LogP contribution in [0.4, 0.5) is 23.7 Å². The molecule has 2 aromatic carbocycles. The zero-order chi connectivity index (χ0) is 22.1. The van der Waals surface area contributed by atoms with Crippen molar-refractivity contribution in [2.75, 3.05) is 11.9 Å². The quantitative estimate of drug-likeness (QED) is 0.687. The number of hydrogen-bond acceptors (Lipinski definition) is 3. The number of carbonyl (C=O) groups is 3. The summed E-state index contributed by atoms with van der Waals surface area (Å²) in [6.45, 7) is 0.969. The highest BCUT2D eigenvalue weighted by Crippen LogP contribution is 2.37. The van der Waals surface area contributed by atoms with Crippen LogP contribution >= 0.6 is 11.6 Å². The van der Waals surface area contributed by atoms with Gasteiger partial charge in [0.2, 0.25) is 5.91 Å². The molecule has 1 heterocycles. The van der Waals surface area contributed by atoms with Gasteiger partial charge in [0.1, 0.15) is 12.1 Å². The average Bonchev–Trinajstić information content (AvgIpc) is 2.94. The Morgan fingerprint density at radius 2 is 1.83 bits per heavy atom. The Morgan fingerprint density at radius 1 is 1.17 bits per heavy atom. The van der Waals surface area contributed by atoms with Crippen molar-refractivity contribution >= 4 is 35.1 Å². The third-order valence-corrected chi connectivity index (χ3v) is 5.07. The van der Waals surface area contributed by atoms with Crippen molar-refractivity contribution in [3.8, 4) is 0 Å². The van der Waals surface area contributed by atoms with E-state index in [1.165, 1.54) is 6.07 Å². The smallest absolute Gasteiger partial charge is 0.324 e. The minimum absolute atomic E-state index is 0.148. The van der Waals surface area contributed by atoms with Crippen molar-refractivity contribution in [2.45, 2.75) is 25.1 Å². The third kappa shape index (κ3) is 3.97. The molecule has 10 heteroatoms. The lowest BCUT2D eigenvalue weighted by Crippen LogP contribution is -2.44. The van der Waals surface area contributed by atoms with E-state index in [-0.39, 0.29) is 11.4 Å². The van der Waals surface area contributed by atoms with Crippen molar-refractivity contribution in [2.24, 2.45) is 0 Å². The van der Waals surface area contributed by atoms with Crippen LogP contribution in [0.2, 0.25) is 5.02 Å². The van der Waals surface area contributed by atoms with Gasteiger partial charge in [-0.1, -0.05) is 48.9 Å². The lowest BCUT2D eigenvalue weighted by Gasteiger charge is -2.25. The van der Waals surface area contributed by atoms with Crippen LogP contribution in [0.3, 0.4) is 0 Å². The largest absolute Gasteiger partial charge is 0.418 e. The second kappa shape index (κ2) is 7.98. The molecule has 1 saturated heterocycles. The number of hydrogen-bond donors (Lipinski definition) is 2. The number of imide groups is 1. The zero-order valence-electron chi connectivity index (χ0n) is 15.7. The van der Waals surface area contributed by atoms with Crippen LogP contribution in [0.15, 0.2) is 48.5 Å². The van der Waals surface area contributed by atoms with Crippen molar-refractivity contribution in [1.82, 2.24) is 10.2 Å². The van der Waals surface area contributed by atoms with Crippen LogP contribution in [0.1, 0.15) is 24.5 Å². The van der Waals surface area contributed by atoms with E-state index in [1.807, 2.05) is 0 Å². The molecule has 158 valence electrons. The Balaban J connectivity index is 1.82. The Morgan fingerprint density at radius 3 is 2.43 bits per heavy atom. The highest BCUT2D eigenvalue weighted by molar-refractivity contribution is 6.30. The lowest BCUT2D eigenvalue weighted by molar-refractivity contribution is -0.137. The molecule has 6 nitrogen and oxygen atoms in total. The molecule has 1 unspecified atom stereocenters. The molecule has 0 bridgehead atoms. The number of anilines is 1. The molecular weight excluding hydrogens is 423 g/mol. The highest BCUT2D eigenvalue weighted by atomic mass is 35.5. The molecular formula is C20H17ClF3N3O3. The van der Waals surface area contributed by atoms with Gasteiger partial charge >= 0.3 is 12.2 Å². The predicted octanol–water partition coefficient (Wildman–Crippen LogP) is 4.15. The molecule has 0 aliphatic carbocycles. The lowest BCUT2D eigenvalue weighted by atomic mass is 9.87. The van der Waals surface area contributed by atoms with E-state index in [1.54, 1.807) is 37.3 Å².